The van der Waals surface area contributed by atoms with Gasteiger partial charge in [-0.05, 0) is 18.4 Å². The van der Waals surface area contributed by atoms with Gasteiger partial charge < -0.3 is 4.74 Å². The van der Waals surface area contributed by atoms with Crippen LogP contribution in [0.15, 0.2) is 36.5 Å². The van der Waals surface area contributed by atoms with E-state index in [2.05, 4.69) is 10.3 Å². The van der Waals surface area contributed by atoms with Crippen LogP contribution in [-0.2, 0) is 38.8 Å². The Kier molecular flexibility index (Phi) is 7.36. The zero-order valence-corrected chi connectivity index (χ0v) is 14.6. The van der Waals surface area contributed by atoms with Gasteiger partial charge in [0.05, 0.1) is 31.8 Å². The second kappa shape index (κ2) is 9.51. The molecule has 1 heterocycles. The van der Waals surface area contributed by atoms with E-state index in [1.54, 1.807) is 10.9 Å². The minimum absolute atomic E-state index is 0.0211. The number of aromatic nitrogens is 3. The van der Waals surface area contributed by atoms with Crippen molar-refractivity contribution < 1.29 is 17.3 Å². The molecule has 24 heavy (non-hydrogen) atoms. The molecule has 0 atom stereocenters. The molecule has 2 rings (SSSR count). The molecule has 0 saturated heterocycles. The number of rotatable bonds is 11. The largest absolute Gasteiger partial charge is 0.370 e. The first-order valence-electron chi connectivity index (χ1n) is 7.97. The molecule has 0 amide bonds. The van der Waals surface area contributed by atoms with Crippen molar-refractivity contribution in [3.63, 3.8) is 0 Å². The highest BCUT2D eigenvalue weighted by molar-refractivity contribution is 7.86. The third-order valence-corrected chi connectivity index (χ3v) is 4.51. The monoisotopic (exact) mass is 353 g/mol. The van der Waals surface area contributed by atoms with E-state index < -0.39 is 10.1 Å². The van der Waals surface area contributed by atoms with Crippen molar-refractivity contribution in [3.8, 4) is 0 Å². The Balaban J connectivity index is 1.69. The smallest absolute Gasteiger partial charge is 0.267 e. The summed E-state index contributed by atoms with van der Waals surface area (Å²) in [6.07, 6.45) is 2.87. The lowest BCUT2D eigenvalue weighted by atomic mass is 10.2. The molecule has 7 nitrogen and oxygen atoms in total. The molecule has 0 fully saturated rings. The van der Waals surface area contributed by atoms with Gasteiger partial charge in [-0.15, -0.1) is 5.10 Å². The predicted octanol–water partition coefficient (Wildman–Crippen LogP) is 2.14. The van der Waals surface area contributed by atoms with E-state index in [4.69, 9.17) is 8.92 Å². The van der Waals surface area contributed by atoms with Crippen LogP contribution in [0.4, 0.5) is 0 Å². The number of hydrogen-bond donors (Lipinski definition) is 0. The van der Waals surface area contributed by atoms with Crippen molar-refractivity contribution in [1.29, 1.82) is 0 Å². The maximum Gasteiger partial charge on any atom is 0.267 e. The molecule has 1 aromatic carbocycles. The van der Waals surface area contributed by atoms with E-state index in [-0.39, 0.29) is 12.4 Å². The third kappa shape index (κ3) is 6.77. The van der Waals surface area contributed by atoms with Crippen LogP contribution in [0.2, 0.25) is 0 Å². The molecule has 0 aliphatic rings. The van der Waals surface area contributed by atoms with Gasteiger partial charge in [0, 0.05) is 6.54 Å². The number of nitrogens with zero attached hydrogens (tertiary/aromatic N) is 3. The molecule has 8 heteroatoms. The van der Waals surface area contributed by atoms with Crippen molar-refractivity contribution >= 4 is 10.1 Å². The van der Waals surface area contributed by atoms with Gasteiger partial charge in [0.25, 0.3) is 10.1 Å². The van der Waals surface area contributed by atoms with Crippen LogP contribution in [0.5, 0.6) is 0 Å². The first-order valence-corrected chi connectivity index (χ1v) is 9.54. The first-order chi connectivity index (χ1) is 11.6. The van der Waals surface area contributed by atoms with Crippen LogP contribution in [-0.4, -0.2) is 35.8 Å². The van der Waals surface area contributed by atoms with Gasteiger partial charge in [0.1, 0.15) is 5.69 Å². The molecule has 0 bridgehead atoms. The second-order valence-corrected chi connectivity index (χ2v) is 7.15. The quantitative estimate of drug-likeness (QED) is 0.576. The van der Waals surface area contributed by atoms with E-state index in [1.807, 2.05) is 37.3 Å². The Morgan fingerprint density at radius 3 is 2.71 bits per heavy atom. The third-order valence-electron chi connectivity index (χ3n) is 3.20. The van der Waals surface area contributed by atoms with Gasteiger partial charge in [0.15, 0.2) is 0 Å². The van der Waals surface area contributed by atoms with Crippen molar-refractivity contribution in [2.45, 2.75) is 39.5 Å². The van der Waals surface area contributed by atoms with E-state index in [0.29, 0.717) is 32.6 Å². The molecule has 0 unspecified atom stereocenters. The highest BCUT2D eigenvalue weighted by Gasteiger charge is 2.10. The van der Waals surface area contributed by atoms with Crippen molar-refractivity contribution in [2.75, 3.05) is 12.4 Å². The van der Waals surface area contributed by atoms with E-state index >= 15 is 0 Å². The molecule has 0 spiro atoms. The highest BCUT2D eigenvalue weighted by atomic mass is 32.2. The average molecular weight is 353 g/mol. The van der Waals surface area contributed by atoms with Gasteiger partial charge in [-0.25, -0.2) is 0 Å². The van der Waals surface area contributed by atoms with Crippen LogP contribution in [0.3, 0.4) is 0 Å². The summed E-state index contributed by atoms with van der Waals surface area (Å²) in [6, 6.07) is 9.89. The number of benzene rings is 1. The minimum atomic E-state index is -3.44. The van der Waals surface area contributed by atoms with E-state index in [1.165, 1.54) is 0 Å². The van der Waals surface area contributed by atoms with Crippen LogP contribution in [0.1, 0.15) is 31.0 Å². The van der Waals surface area contributed by atoms with Crippen LogP contribution in [0.25, 0.3) is 0 Å². The minimum Gasteiger partial charge on any atom is -0.370 e. The SMILES string of the molecule is CCCOS(=O)(=O)CCCn1cc(COCc2ccccc2)nn1. The van der Waals surface area contributed by atoms with E-state index in [9.17, 15) is 8.42 Å². The fourth-order valence-corrected chi connectivity index (χ4v) is 3.06. The molecule has 2 aromatic rings. The molecular weight excluding hydrogens is 330 g/mol. The highest BCUT2D eigenvalue weighted by Crippen LogP contribution is 2.04. The summed E-state index contributed by atoms with van der Waals surface area (Å²) >= 11 is 0. The van der Waals surface area contributed by atoms with Crippen LogP contribution < -0.4 is 0 Å². The van der Waals surface area contributed by atoms with Crippen molar-refractivity contribution in [1.82, 2.24) is 15.0 Å². The van der Waals surface area contributed by atoms with Gasteiger partial charge in [-0.2, -0.15) is 8.42 Å². The summed E-state index contributed by atoms with van der Waals surface area (Å²) in [6.45, 7) is 3.45. The lowest BCUT2D eigenvalue weighted by Crippen LogP contribution is -2.13. The summed E-state index contributed by atoms with van der Waals surface area (Å²) in [5, 5.41) is 7.99. The van der Waals surface area contributed by atoms with Gasteiger partial charge in [0.2, 0.25) is 0 Å². The molecule has 132 valence electrons. The fourth-order valence-electron chi connectivity index (χ4n) is 2.03. The summed E-state index contributed by atoms with van der Waals surface area (Å²) in [4.78, 5) is 0. The summed E-state index contributed by atoms with van der Waals surface area (Å²) in [7, 11) is -3.44. The summed E-state index contributed by atoms with van der Waals surface area (Å²) in [5.74, 6) is -0.0211. The normalized spacial score (nSPS) is 11.7. The molecule has 0 radical (unpaired) electrons. The molecule has 0 saturated carbocycles. The lowest BCUT2D eigenvalue weighted by Gasteiger charge is -2.04. The maximum absolute atomic E-state index is 11.6. The average Bonchev–Trinajstić information content (AvgIpc) is 3.02. The molecule has 1 aromatic heterocycles. The Bertz CT molecular complexity index is 701. The summed E-state index contributed by atoms with van der Waals surface area (Å²) in [5.41, 5.74) is 1.82. The molecule has 0 aliphatic carbocycles. The van der Waals surface area contributed by atoms with Crippen molar-refractivity contribution in [3.05, 3.63) is 47.8 Å². The number of aryl methyl sites for hydroxylation is 1. The Morgan fingerprint density at radius 1 is 1.17 bits per heavy atom. The first kappa shape index (κ1) is 18.6. The fraction of sp³-hybridized carbons (Fsp3) is 0.500. The van der Waals surface area contributed by atoms with Gasteiger partial charge >= 0.3 is 0 Å². The Morgan fingerprint density at radius 2 is 1.96 bits per heavy atom. The predicted molar refractivity (Wildman–Crippen MR) is 89.6 cm³/mol. The van der Waals surface area contributed by atoms with E-state index in [0.717, 1.165) is 11.3 Å². The van der Waals surface area contributed by atoms with Crippen LogP contribution in [0, 0.1) is 0 Å². The maximum atomic E-state index is 11.6. The topological polar surface area (TPSA) is 83.3 Å². The molecule has 0 N–H and O–H groups in total. The lowest BCUT2D eigenvalue weighted by molar-refractivity contribution is 0.104. The summed E-state index contributed by atoms with van der Waals surface area (Å²) < 4.78 is 35.2. The molecular formula is C16H23N3O4S. The zero-order valence-electron chi connectivity index (χ0n) is 13.8. The second-order valence-electron chi connectivity index (χ2n) is 5.39. The van der Waals surface area contributed by atoms with Gasteiger partial charge in [-0.1, -0.05) is 42.5 Å². The van der Waals surface area contributed by atoms with Crippen molar-refractivity contribution in [2.24, 2.45) is 0 Å². The Hall–Kier alpha value is -1.77. The van der Waals surface area contributed by atoms with Crippen LogP contribution >= 0.6 is 0 Å². The number of ether oxygens (including phenoxy) is 1. The Labute approximate surface area is 142 Å². The standard InChI is InChI=1S/C16H23N3O4S/c1-2-10-23-24(20,21)11-6-9-19-12-16(17-18-19)14-22-13-15-7-4-3-5-8-15/h3-5,7-8,12H,2,6,9-11,13-14H2,1H3. The molecule has 0 aliphatic heterocycles. The number of hydrogen-bond acceptors (Lipinski definition) is 6. The zero-order chi connectivity index (χ0) is 17.3. The van der Waals surface area contributed by atoms with Gasteiger partial charge in [-0.3, -0.25) is 8.86 Å².